The molecule has 20 heteroatoms. The van der Waals surface area contributed by atoms with Crippen molar-refractivity contribution in [2.24, 2.45) is 16.6 Å². The first-order valence-corrected chi connectivity index (χ1v) is 14.8. The minimum Gasteiger partial charge on any atom is -0.478 e. The molecule has 4 rings (SSSR count). The highest BCUT2D eigenvalue weighted by atomic mass is 32.2. The molecule has 1 aromatic heterocycles. The molecular formula is C21H32N10O8S2. The third kappa shape index (κ3) is 6.96. The molecule has 1 aromatic rings. The van der Waals surface area contributed by atoms with Crippen molar-refractivity contribution in [3.05, 3.63) is 23.0 Å². The van der Waals surface area contributed by atoms with Crippen LogP contribution in [0.3, 0.4) is 0 Å². The van der Waals surface area contributed by atoms with Crippen LogP contribution in [0, 0.1) is 0 Å². The normalized spacial score (nSPS) is 23.9. The predicted octanol–water partition coefficient (Wildman–Crippen LogP) is -2.60. The van der Waals surface area contributed by atoms with E-state index in [-0.39, 0.29) is 34.9 Å². The highest BCUT2D eigenvalue weighted by Crippen LogP contribution is 2.40. The number of hydrogen-bond donors (Lipinski definition) is 7. The average molecular weight is 617 g/mol. The minimum atomic E-state index is -4.98. The number of thioether (sulfide) groups is 1. The van der Waals surface area contributed by atoms with Gasteiger partial charge in [0.2, 0.25) is 5.60 Å². The van der Waals surface area contributed by atoms with Gasteiger partial charge in [0.15, 0.2) is 5.71 Å². The Balaban J connectivity index is 1.50. The number of nitrogens with two attached hydrogens (primary N) is 2. The fourth-order valence-corrected chi connectivity index (χ4v) is 5.62. The van der Waals surface area contributed by atoms with Crippen LogP contribution in [0.25, 0.3) is 0 Å². The van der Waals surface area contributed by atoms with Gasteiger partial charge in [-0.05, 0) is 26.8 Å². The molecule has 2 amide bonds. The topological polar surface area (TPSA) is 269 Å². The summed E-state index contributed by atoms with van der Waals surface area (Å²) in [5.41, 5.74) is 9.20. The zero-order valence-corrected chi connectivity index (χ0v) is 23.8. The molecular weight excluding hydrogens is 584 g/mol. The quantitative estimate of drug-likeness (QED) is 0.0489. The van der Waals surface area contributed by atoms with Gasteiger partial charge in [0.05, 0.1) is 24.1 Å². The number of amides is 2. The average Bonchev–Trinajstić information content (AvgIpc) is 3.33. The van der Waals surface area contributed by atoms with Crippen LogP contribution < -0.4 is 27.4 Å². The van der Waals surface area contributed by atoms with Crippen molar-refractivity contribution >= 4 is 45.6 Å². The first-order valence-electron chi connectivity index (χ1n) is 12.5. The van der Waals surface area contributed by atoms with E-state index in [9.17, 15) is 32.5 Å². The Morgan fingerprint density at radius 2 is 2.10 bits per heavy atom. The maximum atomic E-state index is 13.2. The van der Waals surface area contributed by atoms with Crippen LogP contribution in [0.2, 0.25) is 0 Å². The Kier molecular flexibility index (Phi) is 8.62. The van der Waals surface area contributed by atoms with Gasteiger partial charge in [0.25, 0.3) is 11.8 Å². The summed E-state index contributed by atoms with van der Waals surface area (Å²) in [7, 11) is -4.98. The summed E-state index contributed by atoms with van der Waals surface area (Å²) in [4.78, 5) is 43.8. The second-order valence-corrected chi connectivity index (χ2v) is 12.7. The first-order chi connectivity index (χ1) is 19.2. The van der Waals surface area contributed by atoms with Crippen LogP contribution in [0.1, 0.15) is 38.8 Å². The standard InChI is InChI=1S/C21H32N10O8S2/c1-20(2,5-6-22)24-7-11-8-25-30(28-11)9-13-15(17(33)31(13)41(36,37)38)27-16(32)14(12-10-40-19(23)26-12)29-39-21(3-4-21)18(34)35/h8,10,13,15,19,24,26H,3-7,9,22-23H2,1-2H3,(H,27,32)(H,34,35)(H,36,37,38)/b29-14-. The number of aliphatic carboxylic acids is 1. The molecule has 2 fully saturated rings. The zero-order chi connectivity index (χ0) is 30.2. The lowest BCUT2D eigenvalue weighted by molar-refractivity contribution is -0.153. The molecule has 2 aliphatic heterocycles. The summed E-state index contributed by atoms with van der Waals surface area (Å²) in [6.07, 6.45) is 2.54. The lowest BCUT2D eigenvalue weighted by Crippen LogP contribution is -2.73. The van der Waals surface area contributed by atoms with E-state index in [4.69, 9.17) is 16.3 Å². The van der Waals surface area contributed by atoms with Crippen molar-refractivity contribution in [3.8, 4) is 0 Å². The maximum Gasteiger partial charge on any atom is 0.362 e. The molecule has 3 aliphatic rings. The van der Waals surface area contributed by atoms with Gasteiger partial charge in [0.1, 0.15) is 17.6 Å². The van der Waals surface area contributed by atoms with Crippen molar-refractivity contribution in [2.45, 2.75) is 74.9 Å². The third-order valence-corrected chi connectivity index (χ3v) is 8.39. The molecule has 0 bridgehead atoms. The van der Waals surface area contributed by atoms with Gasteiger partial charge in [-0.15, -0.1) is 0 Å². The summed E-state index contributed by atoms with van der Waals surface area (Å²) >= 11 is 1.12. The lowest BCUT2D eigenvalue weighted by Gasteiger charge is -2.43. The third-order valence-electron chi connectivity index (χ3n) is 6.66. The minimum absolute atomic E-state index is 0.111. The molecule has 1 saturated heterocycles. The number of carbonyl (C=O) groups excluding carboxylic acids is 2. The second kappa shape index (κ2) is 11.5. The number of aromatic nitrogens is 3. The number of oxime groups is 1. The van der Waals surface area contributed by atoms with Gasteiger partial charge in [-0.2, -0.15) is 23.4 Å². The van der Waals surface area contributed by atoms with Gasteiger partial charge in [-0.3, -0.25) is 14.1 Å². The van der Waals surface area contributed by atoms with Crippen LogP contribution in [0.15, 0.2) is 22.5 Å². The van der Waals surface area contributed by atoms with E-state index in [0.29, 0.717) is 25.2 Å². The van der Waals surface area contributed by atoms with E-state index >= 15 is 0 Å². The number of hydrogen-bond acceptors (Lipinski definition) is 14. The summed E-state index contributed by atoms with van der Waals surface area (Å²) < 4.78 is 33.7. The highest BCUT2D eigenvalue weighted by Gasteiger charge is 2.56. The Bertz CT molecular complexity index is 1370. The number of nitrogens with one attached hydrogen (secondary N) is 3. The molecule has 0 spiro atoms. The summed E-state index contributed by atoms with van der Waals surface area (Å²) in [5, 5.41) is 31.4. The lowest BCUT2D eigenvalue weighted by atomic mass is 9.98. The SMILES string of the molecule is CC(C)(CCN)NCc1cnn(CC2C(NC(=O)/C(=N\OC3(C(=O)O)CC3)C3=CSC(N)N3)C(=O)N2S(=O)(=O)O)n1. The van der Waals surface area contributed by atoms with Gasteiger partial charge < -0.3 is 37.4 Å². The molecule has 9 N–H and O–H groups in total. The first kappa shape index (κ1) is 30.7. The second-order valence-electron chi connectivity index (χ2n) is 10.4. The van der Waals surface area contributed by atoms with Crippen molar-refractivity contribution in [1.29, 1.82) is 0 Å². The van der Waals surface area contributed by atoms with Crippen LogP contribution in [-0.2, 0) is 42.6 Å². The molecule has 1 aliphatic carbocycles. The molecule has 3 atom stereocenters. The Labute approximate surface area is 239 Å². The number of carboxylic acids is 1. The molecule has 41 heavy (non-hydrogen) atoms. The molecule has 3 heterocycles. The number of rotatable bonds is 14. The van der Waals surface area contributed by atoms with E-state index in [1.54, 1.807) is 0 Å². The zero-order valence-electron chi connectivity index (χ0n) is 22.2. The monoisotopic (exact) mass is 616 g/mol. The Morgan fingerprint density at radius 3 is 2.66 bits per heavy atom. The molecule has 1 saturated carbocycles. The fourth-order valence-electron chi connectivity index (χ4n) is 4.09. The molecule has 226 valence electrons. The van der Waals surface area contributed by atoms with E-state index in [1.165, 1.54) is 11.6 Å². The van der Waals surface area contributed by atoms with E-state index in [2.05, 4.69) is 31.3 Å². The molecule has 0 radical (unpaired) electrons. The van der Waals surface area contributed by atoms with Crippen molar-refractivity contribution in [1.82, 2.24) is 35.2 Å². The summed E-state index contributed by atoms with van der Waals surface area (Å²) in [6.45, 7) is 4.46. The Hall–Kier alpha value is -3.30. The van der Waals surface area contributed by atoms with E-state index in [1.807, 2.05) is 13.8 Å². The molecule has 3 unspecified atom stereocenters. The number of β-lactam (4-membered cyclic amide) rings is 1. The van der Waals surface area contributed by atoms with Crippen molar-refractivity contribution in [3.63, 3.8) is 0 Å². The predicted molar refractivity (Wildman–Crippen MR) is 144 cm³/mol. The Morgan fingerprint density at radius 1 is 1.39 bits per heavy atom. The van der Waals surface area contributed by atoms with Crippen LogP contribution in [0.4, 0.5) is 0 Å². The van der Waals surface area contributed by atoms with E-state index in [0.717, 1.165) is 16.6 Å². The summed E-state index contributed by atoms with van der Waals surface area (Å²) in [5.74, 6) is -3.33. The largest absolute Gasteiger partial charge is 0.478 e. The molecule has 0 aromatic carbocycles. The highest BCUT2D eigenvalue weighted by molar-refractivity contribution is 8.02. The molecule has 18 nitrogen and oxygen atoms in total. The fraction of sp³-hybridized carbons (Fsp3) is 0.619. The van der Waals surface area contributed by atoms with Gasteiger partial charge in [0, 0.05) is 30.3 Å². The smallest absolute Gasteiger partial charge is 0.362 e. The summed E-state index contributed by atoms with van der Waals surface area (Å²) in [6, 6.07) is -2.72. The van der Waals surface area contributed by atoms with Gasteiger partial charge in [-0.25, -0.2) is 9.10 Å². The van der Waals surface area contributed by atoms with Gasteiger partial charge in [-0.1, -0.05) is 16.9 Å². The van der Waals surface area contributed by atoms with Crippen molar-refractivity contribution < 1.29 is 37.3 Å². The van der Waals surface area contributed by atoms with Crippen LogP contribution in [0.5, 0.6) is 0 Å². The number of carbonyl (C=O) groups is 3. The number of nitrogens with zero attached hydrogens (tertiary/aromatic N) is 5. The number of carboxylic acid groups (broad SMARTS) is 1. The van der Waals surface area contributed by atoms with Crippen LogP contribution in [-0.4, -0.2) is 96.1 Å². The van der Waals surface area contributed by atoms with E-state index < -0.39 is 57.0 Å². The van der Waals surface area contributed by atoms with Crippen LogP contribution >= 0.6 is 11.8 Å². The van der Waals surface area contributed by atoms with Crippen molar-refractivity contribution in [2.75, 3.05) is 6.54 Å². The van der Waals surface area contributed by atoms with Gasteiger partial charge >= 0.3 is 16.3 Å². The maximum absolute atomic E-state index is 13.2.